The maximum absolute atomic E-state index is 8.36. The minimum atomic E-state index is -0.250. The number of fused-ring (bicyclic) bond motifs is 1. The van der Waals surface area contributed by atoms with Gasteiger partial charge in [-0.2, -0.15) is 0 Å². The Morgan fingerprint density at radius 1 is 1.11 bits per heavy atom. The second-order valence-electron chi connectivity index (χ2n) is 8.84. The van der Waals surface area contributed by atoms with E-state index in [2.05, 4.69) is 49.5 Å². The quantitative estimate of drug-likeness (QED) is 0.143. The topological polar surface area (TPSA) is 154 Å². The van der Waals surface area contributed by atoms with Crippen LogP contribution in [0.25, 0.3) is 5.65 Å². The summed E-state index contributed by atoms with van der Waals surface area (Å²) in [5.74, 6) is 2.29. The number of benzene rings is 1. The fourth-order valence-electron chi connectivity index (χ4n) is 4.14. The molecule has 0 bridgehead atoms. The van der Waals surface area contributed by atoms with Gasteiger partial charge >= 0.3 is 0 Å². The van der Waals surface area contributed by atoms with Crippen LogP contribution >= 0.6 is 0 Å². The summed E-state index contributed by atoms with van der Waals surface area (Å²) < 4.78 is 2.11. The van der Waals surface area contributed by atoms with Crippen LogP contribution < -0.4 is 16.4 Å². The van der Waals surface area contributed by atoms with E-state index in [1.165, 1.54) is 24.0 Å². The average molecular weight is 487 g/mol. The number of imidazole rings is 1. The van der Waals surface area contributed by atoms with Gasteiger partial charge in [0.2, 0.25) is 0 Å². The van der Waals surface area contributed by atoms with Crippen molar-refractivity contribution in [2.75, 3.05) is 10.6 Å². The van der Waals surface area contributed by atoms with Crippen molar-refractivity contribution in [3.63, 3.8) is 0 Å². The lowest BCUT2D eigenvalue weighted by molar-refractivity contribution is -0.122. The lowest BCUT2D eigenvalue weighted by Crippen LogP contribution is -2.13. The molecule has 10 heteroatoms. The van der Waals surface area contributed by atoms with Crippen LogP contribution in [-0.2, 0) is 17.9 Å². The number of hydrogen-bond acceptors (Lipinski definition) is 7. The lowest BCUT2D eigenvalue weighted by Gasteiger charge is -2.14. The van der Waals surface area contributed by atoms with E-state index in [4.69, 9.17) is 26.0 Å². The maximum atomic E-state index is 8.36. The summed E-state index contributed by atoms with van der Waals surface area (Å²) in [5, 5.41) is 21.3. The molecule has 3 aromatic heterocycles. The number of pyridine rings is 1. The van der Waals surface area contributed by atoms with Gasteiger partial charge in [-0.15, -0.1) is 0 Å². The van der Waals surface area contributed by atoms with Gasteiger partial charge in [0.1, 0.15) is 29.4 Å². The van der Waals surface area contributed by atoms with Gasteiger partial charge in [0.05, 0.1) is 12.2 Å². The van der Waals surface area contributed by atoms with Crippen LogP contribution in [0.15, 0.2) is 49.1 Å². The summed E-state index contributed by atoms with van der Waals surface area (Å²) in [6, 6.07) is 10.1. The lowest BCUT2D eigenvalue weighted by atomic mass is 9.99. The van der Waals surface area contributed by atoms with Crippen LogP contribution in [0.3, 0.4) is 0 Å². The minimum absolute atomic E-state index is 0.0844. The van der Waals surface area contributed by atoms with E-state index in [-0.39, 0.29) is 12.3 Å². The SMILES string of the molecule is Cc1cc(C(=N)N)cc(C)c1CNc1cc(NCc2cn3cc(C4CC4)ccc3n2)ncn1.O=CO. The molecule has 0 saturated heterocycles. The van der Waals surface area contributed by atoms with Crippen molar-refractivity contribution in [2.24, 2.45) is 5.73 Å². The number of anilines is 2. The predicted octanol–water partition coefficient (Wildman–Crippen LogP) is 3.83. The van der Waals surface area contributed by atoms with Crippen LogP contribution in [0.2, 0.25) is 0 Å². The normalized spacial score (nSPS) is 12.5. The van der Waals surface area contributed by atoms with Crippen LogP contribution in [0.4, 0.5) is 11.6 Å². The molecular weight excluding hydrogens is 456 g/mol. The number of carbonyl (C=O) groups is 1. The molecule has 1 aliphatic rings. The Labute approximate surface area is 209 Å². The van der Waals surface area contributed by atoms with Crippen molar-refractivity contribution < 1.29 is 9.90 Å². The number of carboxylic acid groups (broad SMARTS) is 1. The first-order valence-electron chi connectivity index (χ1n) is 11.7. The Balaban J connectivity index is 0.000000967. The molecule has 0 unspecified atom stereocenters. The van der Waals surface area contributed by atoms with Gasteiger partial charge in [0.25, 0.3) is 6.47 Å². The first kappa shape index (κ1) is 24.6. The molecule has 1 saturated carbocycles. The van der Waals surface area contributed by atoms with E-state index < -0.39 is 0 Å². The Morgan fingerprint density at radius 2 is 1.75 bits per heavy atom. The molecule has 186 valence electrons. The molecule has 4 aromatic rings. The van der Waals surface area contributed by atoms with Crippen molar-refractivity contribution in [1.29, 1.82) is 5.41 Å². The summed E-state index contributed by atoms with van der Waals surface area (Å²) in [7, 11) is 0. The maximum Gasteiger partial charge on any atom is 0.290 e. The zero-order chi connectivity index (χ0) is 25.7. The summed E-state index contributed by atoms with van der Waals surface area (Å²) >= 11 is 0. The Bertz CT molecular complexity index is 1370. The first-order chi connectivity index (χ1) is 17.4. The Morgan fingerprint density at radius 3 is 2.36 bits per heavy atom. The van der Waals surface area contributed by atoms with Gasteiger partial charge in [-0.05, 0) is 73.1 Å². The zero-order valence-corrected chi connectivity index (χ0v) is 20.3. The fraction of sp³-hybridized carbons (Fsp3) is 0.269. The van der Waals surface area contributed by atoms with E-state index in [9.17, 15) is 0 Å². The standard InChI is InChI=1S/C25H28N8.CH2O2/c1-15-7-19(25(26)27)8-16(2)21(15)11-29-23-9-22(30-14-31-23)28-10-20-13-33-12-18(17-3-4-17)5-6-24(33)32-20;2-1-3/h5-9,12-14,17H,3-4,10-11H2,1-2H3,(H3,26,27)(H2,28,29,30,31);1H,(H,2,3). The molecule has 0 radical (unpaired) electrons. The largest absolute Gasteiger partial charge is 0.483 e. The van der Waals surface area contributed by atoms with Crippen LogP contribution in [0.5, 0.6) is 0 Å². The predicted molar refractivity (Wildman–Crippen MR) is 139 cm³/mol. The summed E-state index contributed by atoms with van der Waals surface area (Å²) in [4.78, 5) is 21.8. The van der Waals surface area contributed by atoms with E-state index in [1.807, 2.05) is 32.0 Å². The highest BCUT2D eigenvalue weighted by molar-refractivity contribution is 5.95. The number of nitrogens with zero attached hydrogens (tertiary/aromatic N) is 4. The fourth-order valence-corrected chi connectivity index (χ4v) is 4.14. The Hall–Kier alpha value is -4.47. The van der Waals surface area contributed by atoms with Crippen LogP contribution in [-0.4, -0.2) is 36.8 Å². The van der Waals surface area contributed by atoms with Crippen LogP contribution in [0.1, 0.15) is 52.3 Å². The molecule has 0 atom stereocenters. The third-order valence-electron chi connectivity index (χ3n) is 6.14. The molecule has 10 nitrogen and oxygen atoms in total. The van der Waals surface area contributed by atoms with Crippen molar-refractivity contribution in [1.82, 2.24) is 19.4 Å². The molecule has 6 N–H and O–H groups in total. The van der Waals surface area contributed by atoms with Crippen LogP contribution in [0, 0.1) is 19.3 Å². The number of aryl methyl sites for hydroxylation is 2. The van der Waals surface area contributed by atoms with Crippen molar-refractivity contribution >= 4 is 29.6 Å². The van der Waals surface area contributed by atoms with Gasteiger partial charge in [0, 0.05) is 30.6 Å². The second kappa shape index (κ2) is 10.9. The number of nitrogens with two attached hydrogens (primary N) is 1. The third kappa shape index (κ3) is 5.96. The molecule has 36 heavy (non-hydrogen) atoms. The van der Waals surface area contributed by atoms with Gasteiger partial charge in [-0.3, -0.25) is 10.2 Å². The number of amidine groups is 1. The minimum Gasteiger partial charge on any atom is -0.483 e. The van der Waals surface area contributed by atoms with Gasteiger partial charge in [-0.1, -0.05) is 6.07 Å². The van der Waals surface area contributed by atoms with E-state index in [1.54, 1.807) is 6.33 Å². The second-order valence-corrected chi connectivity index (χ2v) is 8.84. The third-order valence-corrected chi connectivity index (χ3v) is 6.14. The molecule has 1 fully saturated rings. The molecule has 0 spiro atoms. The highest BCUT2D eigenvalue weighted by Gasteiger charge is 2.23. The summed E-state index contributed by atoms with van der Waals surface area (Å²) in [6.07, 6.45) is 8.41. The molecule has 3 heterocycles. The number of rotatable bonds is 8. The van der Waals surface area contributed by atoms with Crippen molar-refractivity contribution in [3.8, 4) is 0 Å². The summed E-state index contributed by atoms with van der Waals surface area (Å²) in [5.41, 5.74) is 13.1. The number of aromatic nitrogens is 4. The molecule has 0 aliphatic heterocycles. The van der Waals surface area contributed by atoms with Gasteiger partial charge < -0.3 is 25.9 Å². The van der Waals surface area contributed by atoms with E-state index in [0.717, 1.165) is 45.6 Å². The smallest absolute Gasteiger partial charge is 0.290 e. The number of hydrogen-bond donors (Lipinski definition) is 5. The Kier molecular flexibility index (Phi) is 7.43. The highest BCUT2D eigenvalue weighted by atomic mass is 16.3. The van der Waals surface area contributed by atoms with Crippen molar-refractivity contribution in [3.05, 3.63) is 82.6 Å². The summed E-state index contributed by atoms with van der Waals surface area (Å²) in [6.45, 7) is 5.03. The average Bonchev–Trinajstić information content (AvgIpc) is 3.62. The highest BCUT2D eigenvalue weighted by Crippen LogP contribution is 2.39. The molecule has 1 aromatic carbocycles. The molecule has 5 rings (SSSR count). The molecular formula is C26H30N8O2. The van der Waals surface area contributed by atoms with E-state index in [0.29, 0.717) is 13.1 Å². The number of nitrogen functional groups attached to an aromatic ring is 1. The molecule has 1 aliphatic carbocycles. The first-order valence-corrected chi connectivity index (χ1v) is 11.7. The van der Waals surface area contributed by atoms with E-state index >= 15 is 0 Å². The van der Waals surface area contributed by atoms with Gasteiger partial charge in [-0.25, -0.2) is 15.0 Å². The molecule has 0 amide bonds. The monoisotopic (exact) mass is 486 g/mol. The van der Waals surface area contributed by atoms with Gasteiger partial charge in [0.15, 0.2) is 0 Å². The zero-order valence-electron chi connectivity index (χ0n) is 20.3. The van der Waals surface area contributed by atoms with Crippen molar-refractivity contribution in [2.45, 2.75) is 45.7 Å². The number of nitrogens with one attached hydrogen (secondary N) is 3.